The molecular formula is C26H34N2O5. The lowest BCUT2D eigenvalue weighted by Gasteiger charge is -2.31. The maximum atomic E-state index is 13.2. The van der Waals surface area contributed by atoms with E-state index in [4.69, 9.17) is 9.47 Å². The zero-order valence-electron chi connectivity index (χ0n) is 20.4. The lowest BCUT2D eigenvalue weighted by molar-refractivity contribution is -0.143. The molecule has 1 atom stereocenters. The molecule has 1 N–H and O–H groups in total. The van der Waals surface area contributed by atoms with Crippen LogP contribution < -0.4 is 10.1 Å². The molecule has 0 aliphatic heterocycles. The Bertz CT molecular complexity index is 962. The Morgan fingerprint density at radius 2 is 1.48 bits per heavy atom. The first-order valence-electron chi connectivity index (χ1n) is 11.1. The van der Waals surface area contributed by atoms with Gasteiger partial charge in [-0.15, -0.1) is 0 Å². The van der Waals surface area contributed by atoms with Gasteiger partial charge in [-0.05, 0) is 65.3 Å². The molecule has 33 heavy (non-hydrogen) atoms. The van der Waals surface area contributed by atoms with Crippen LogP contribution in [0, 0.1) is 0 Å². The lowest BCUT2D eigenvalue weighted by atomic mass is 10.0. The number of carbonyl (C=O) groups excluding carboxylic acids is 3. The van der Waals surface area contributed by atoms with Gasteiger partial charge in [-0.3, -0.25) is 9.59 Å². The summed E-state index contributed by atoms with van der Waals surface area (Å²) in [5.74, 6) is -0.958. The summed E-state index contributed by atoms with van der Waals surface area (Å²) in [7, 11) is 1.27. The minimum Gasteiger partial charge on any atom is -0.490 e. The third-order valence-corrected chi connectivity index (χ3v) is 5.03. The number of hydrogen-bond acceptors (Lipinski definition) is 5. The Hall–Kier alpha value is -3.35. The number of methoxy groups -OCH3 is 1. The van der Waals surface area contributed by atoms with Crippen molar-refractivity contribution in [3.8, 4) is 5.75 Å². The van der Waals surface area contributed by atoms with Crippen LogP contribution in [0.2, 0.25) is 0 Å². The molecule has 2 amide bonds. The molecule has 0 saturated carbocycles. The van der Waals surface area contributed by atoms with E-state index in [-0.39, 0.29) is 35.4 Å². The maximum absolute atomic E-state index is 13.2. The highest BCUT2D eigenvalue weighted by molar-refractivity contribution is 6.01. The molecule has 7 heteroatoms. The van der Waals surface area contributed by atoms with Crippen molar-refractivity contribution in [1.82, 2.24) is 10.2 Å². The summed E-state index contributed by atoms with van der Waals surface area (Å²) in [6.07, 6.45) is -0.223. The van der Waals surface area contributed by atoms with Gasteiger partial charge in [-0.2, -0.15) is 0 Å². The highest BCUT2D eigenvalue weighted by Gasteiger charge is 2.27. The van der Waals surface area contributed by atoms with Crippen LogP contribution in [-0.4, -0.2) is 48.0 Å². The van der Waals surface area contributed by atoms with Crippen LogP contribution in [0.3, 0.4) is 0 Å². The Morgan fingerprint density at radius 3 is 2.00 bits per heavy atom. The Morgan fingerprint density at radius 1 is 0.879 bits per heavy atom. The highest BCUT2D eigenvalue weighted by Crippen LogP contribution is 2.25. The number of benzene rings is 2. The van der Waals surface area contributed by atoms with Crippen molar-refractivity contribution in [2.75, 3.05) is 7.11 Å². The van der Waals surface area contributed by atoms with Crippen LogP contribution in [0.5, 0.6) is 5.75 Å². The Kier molecular flexibility index (Phi) is 9.02. The summed E-state index contributed by atoms with van der Waals surface area (Å²) in [5, 5.41) is 2.73. The topological polar surface area (TPSA) is 84.9 Å². The first-order valence-corrected chi connectivity index (χ1v) is 11.1. The van der Waals surface area contributed by atoms with Gasteiger partial charge in [-0.25, -0.2) is 4.79 Å². The molecule has 0 bridgehead atoms. The molecule has 2 rings (SSSR count). The van der Waals surface area contributed by atoms with Crippen LogP contribution in [-0.2, 0) is 9.53 Å². The summed E-state index contributed by atoms with van der Waals surface area (Å²) in [4.78, 5) is 40.5. The quantitative estimate of drug-likeness (QED) is 0.569. The molecule has 0 aliphatic carbocycles. The first-order chi connectivity index (χ1) is 15.6. The van der Waals surface area contributed by atoms with Crippen LogP contribution in [0.15, 0.2) is 48.5 Å². The van der Waals surface area contributed by atoms with E-state index in [1.165, 1.54) is 7.11 Å². The van der Waals surface area contributed by atoms with Gasteiger partial charge in [0.05, 0.1) is 18.8 Å². The van der Waals surface area contributed by atoms with Crippen molar-refractivity contribution >= 4 is 17.8 Å². The van der Waals surface area contributed by atoms with Crippen molar-refractivity contribution in [2.24, 2.45) is 0 Å². The minimum atomic E-state index is -0.978. The zero-order chi connectivity index (χ0) is 24.7. The van der Waals surface area contributed by atoms with Crippen molar-refractivity contribution in [1.29, 1.82) is 0 Å². The predicted molar refractivity (Wildman–Crippen MR) is 127 cm³/mol. The van der Waals surface area contributed by atoms with Gasteiger partial charge >= 0.3 is 5.97 Å². The van der Waals surface area contributed by atoms with Crippen LogP contribution in [0.25, 0.3) is 0 Å². The maximum Gasteiger partial charge on any atom is 0.333 e. The summed E-state index contributed by atoms with van der Waals surface area (Å²) in [6, 6.07) is 12.7. The predicted octanol–water partition coefficient (Wildman–Crippen LogP) is 4.38. The van der Waals surface area contributed by atoms with E-state index >= 15 is 0 Å². The molecule has 2 aromatic rings. The fourth-order valence-electron chi connectivity index (χ4n) is 3.66. The van der Waals surface area contributed by atoms with Crippen molar-refractivity contribution in [2.45, 2.75) is 65.8 Å². The monoisotopic (exact) mass is 454 g/mol. The van der Waals surface area contributed by atoms with Crippen molar-refractivity contribution in [3.63, 3.8) is 0 Å². The molecule has 0 radical (unpaired) electrons. The van der Waals surface area contributed by atoms with E-state index in [0.717, 1.165) is 0 Å². The number of hydrogen-bond donors (Lipinski definition) is 1. The van der Waals surface area contributed by atoms with E-state index in [1.807, 2.05) is 47.6 Å². The number of rotatable bonds is 9. The Balaban J connectivity index is 2.43. The van der Waals surface area contributed by atoms with E-state index in [9.17, 15) is 14.4 Å². The summed E-state index contributed by atoms with van der Waals surface area (Å²) in [6.45, 7) is 11.5. The standard InChI is InChI=1S/C26H34N2O5/c1-16(2)28(17(3)4)25(30)20-13-14-21(22(15-20)33-18(5)6)24(29)27-23(26(31)32-7)19-11-9-8-10-12-19/h8-18,23H,1-7H3,(H,27,29)/t23-/m0/s1. The SMILES string of the molecule is COC(=O)[C@@H](NC(=O)c1ccc(C(=O)N(C(C)C)C(C)C)cc1OC(C)C)c1ccccc1. The average molecular weight is 455 g/mol. The number of amides is 2. The van der Waals surface area contributed by atoms with E-state index in [0.29, 0.717) is 11.1 Å². The fourth-order valence-corrected chi connectivity index (χ4v) is 3.66. The molecule has 7 nitrogen and oxygen atoms in total. The summed E-state index contributed by atoms with van der Waals surface area (Å²) < 4.78 is 10.8. The van der Waals surface area contributed by atoms with Gasteiger partial charge in [0, 0.05) is 17.6 Å². The van der Waals surface area contributed by atoms with Gasteiger partial charge in [0.1, 0.15) is 5.75 Å². The second-order valence-corrected chi connectivity index (χ2v) is 8.62. The molecule has 0 unspecified atom stereocenters. The third-order valence-electron chi connectivity index (χ3n) is 5.03. The number of carbonyl (C=O) groups is 3. The normalized spacial score (nSPS) is 11.9. The second-order valence-electron chi connectivity index (χ2n) is 8.62. The van der Waals surface area contributed by atoms with Crippen LogP contribution in [0.4, 0.5) is 0 Å². The third kappa shape index (κ3) is 6.57. The smallest absolute Gasteiger partial charge is 0.333 e. The largest absolute Gasteiger partial charge is 0.490 e. The van der Waals surface area contributed by atoms with Crippen molar-refractivity contribution in [3.05, 3.63) is 65.2 Å². The van der Waals surface area contributed by atoms with E-state index in [1.54, 1.807) is 47.4 Å². The number of esters is 1. The number of nitrogens with one attached hydrogen (secondary N) is 1. The molecule has 178 valence electrons. The molecule has 2 aromatic carbocycles. The second kappa shape index (κ2) is 11.5. The highest BCUT2D eigenvalue weighted by atomic mass is 16.5. The molecule has 0 heterocycles. The molecular weight excluding hydrogens is 420 g/mol. The van der Waals surface area contributed by atoms with Gasteiger partial charge in [-0.1, -0.05) is 30.3 Å². The van der Waals surface area contributed by atoms with Crippen LogP contribution >= 0.6 is 0 Å². The zero-order valence-corrected chi connectivity index (χ0v) is 20.4. The van der Waals surface area contributed by atoms with Crippen LogP contribution in [0.1, 0.15) is 73.9 Å². The number of nitrogens with zero attached hydrogens (tertiary/aromatic N) is 1. The molecule has 0 saturated heterocycles. The molecule has 0 aliphatic rings. The average Bonchev–Trinajstić information content (AvgIpc) is 2.76. The minimum absolute atomic E-state index is 0.0154. The van der Waals surface area contributed by atoms with Gasteiger partial charge in [0.15, 0.2) is 6.04 Å². The van der Waals surface area contributed by atoms with Gasteiger partial charge in [0.2, 0.25) is 0 Å². The van der Waals surface area contributed by atoms with E-state index in [2.05, 4.69) is 5.32 Å². The molecule has 0 spiro atoms. The van der Waals surface area contributed by atoms with Gasteiger partial charge < -0.3 is 19.7 Å². The summed E-state index contributed by atoms with van der Waals surface area (Å²) >= 11 is 0. The molecule has 0 fully saturated rings. The van der Waals surface area contributed by atoms with E-state index < -0.39 is 17.9 Å². The fraction of sp³-hybridized carbons (Fsp3) is 0.423. The molecule has 0 aromatic heterocycles. The number of ether oxygens (including phenoxy) is 2. The first kappa shape index (κ1) is 25.9. The lowest BCUT2D eigenvalue weighted by Crippen LogP contribution is -2.42. The van der Waals surface area contributed by atoms with Gasteiger partial charge in [0.25, 0.3) is 11.8 Å². The Labute approximate surface area is 196 Å². The summed E-state index contributed by atoms with van der Waals surface area (Å²) in [5.41, 5.74) is 1.25. The van der Waals surface area contributed by atoms with Crippen molar-refractivity contribution < 1.29 is 23.9 Å².